The molecule has 0 saturated heterocycles. The van der Waals surface area contributed by atoms with Gasteiger partial charge in [-0.3, -0.25) is 0 Å². The first kappa shape index (κ1) is 15.0. The van der Waals surface area contributed by atoms with Crippen molar-refractivity contribution in [2.45, 2.75) is 19.1 Å². The van der Waals surface area contributed by atoms with E-state index in [2.05, 4.69) is 5.32 Å². The second kappa shape index (κ2) is 5.51. The van der Waals surface area contributed by atoms with E-state index >= 15 is 0 Å². The zero-order chi connectivity index (χ0) is 15.6. The van der Waals surface area contributed by atoms with E-state index in [0.717, 1.165) is 12.1 Å². The summed E-state index contributed by atoms with van der Waals surface area (Å²) in [6, 6.07) is 5.99. The minimum absolute atomic E-state index is 0.268. The molecule has 0 radical (unpaired) electrons. The monoisotopic (exact) mass is 299 g/mol. The Morgan fingerprint density at radius 2 is 2.05 bits per heavy atom. The fourth-order valence-corrected chi connectivity index (χ4v) is 1.92. The molecule has 1 aromatic carbocycles. The lowest BCUT2D eigenvalue weighted by molar-refractivity contribution is -0.138. The molecule has 2 N–H and O–H groups in total. The van der Waals surface area contributed by atoms with Gasteiger partial charge in [0.2, 0.25) is 0 Å². The van der Waals surface area contributed by atoms with E-state index < -0.39 is 23.3 Å². The molecule has 0 fully saturated rings. The highest BCUT2D eigenvalue weighted by Gasteiger charge is 2.35. The lowest BCUT2D eigenvalue weighted by Gasteiger charge is -2.16. The van der Waals surface area contributed by atoms with Crippen molar-refractivity contribution in [1.82, 2.24) is 0 Å². The largest absolute Gasteiger partial charge is 0.478 e. The number of carboxylic acid groups (broad SMARTS) is 1. The second-order valence-corrected chi connectivity index (χ2v) is 4.44. The van der Waals surface area contributed by atoms with Crippen LogP contribution in [0.25, 0.3) is 0 Å². The summed E-state index contributed by atoms with van der Waals surface area (Å²) in [4.78, 5) is 11.0. The number of furan rings is 1. The zero-order valence-electron chi connectivity index (χ0n) is 10.9. The van der Waals surface area contributed by atoms with Gasteiger partial charge in [-0.05, 0) is 37.3 Å². The Morgan fingerprint density at radius 3 is 2.57 bits per heavy atom. The maximum absolute atomic E-state index is 12.7. The number of alkyl halides is 3. The van der Waals surface area contributed by atoms with Crippen LogP contribution in [-0.2, 0) is 6.18 Å². The maximum atomic E-state index is 12.7. The molecule has 0 aliphatic carbocycles. The highest BCUT2D eigenvalue weighted by molar-refractivity contribution is 5.91. The summed E-state index contributed by atoms with van der Waals surface area (Å²) < 4.78 is 43.3. The van der Waals surface area contributed by atoms with Crippen molar-refractivity contribution in [2.24, 2.45) is 0 Å². The van der Waals surface area contributed by atoms with Crippen LogP contribution in [0.5, 0.6) is 0 Å². The second-order valence-electron chi connectivity index (χ2n) is 4.44. The van der Waals surface area contributed by atoms with E-state index in [1.54, 1.807) is 19.1 Å². The van der Waals surface area contributed by atoms with Gasteiger partial charge in [0.15, 0.2) is 0 Å². The van der Waals surface area contributed by atoms with E-state index in [1.165, 1.54) is 12.3 Å². The predicted octanol–water partition coefficient (Wildman–Crippen LogP) is 4.17. The average Bonchev–Trinajstić information content (AvgIpc) is 2.91. The SMILES string of the molecule is CC(Nc1ccc(C(F)(F)F)c(C(=O)O)c1)c1ccco1. The number of hydrogen-bond acceptors (Lipinski definition) is 3. The number of carbonyl (C=O) groups is 1. The third kappa shape index (κ3) is 3.36. The van der Waals surface area contributed by atoms with Crippen molar-refractivity contribution in [2.75, 3.05) is 5.32 Å². The van der Waals surface area contributed by atoms with E-state index in [-0.39, 0.29) is 11.7 Å². The first-order valence-corrected chi connectivity index (χ1v) is 6.03. The molecule has 0 saturated carbocycles. The van der Waals surface area contributed by atoms with Gasteiger partial charge in [-0.1, -0.05) is 0 Å². The number of nitrogens with one attached hydrogen (secondary N) is 1. The van der Waals surface area contributed by atoms with Gasteiger partial charge < -0.3 is 14.8 Å². The normalized spacial score (nSPS) is 13.0. The third-order valence-electron chi connectivity index (χ3n) is 2.91. The van der Waals surface area contributed by atoms with E-state index in [1.807, 2.05) is 0 Å². The molecule has 21 heavy (non-hydrogen) atoms. The molecule has 0 amide bonds. The van der Waals surface area contributed by atoms with Crippen LogP contribution in [0.2, 0.25) is 0 Å². The molecular weight excluding hydrogens is 287 g/mol. The minimum Gasteiger partial charge on any atom is -0.478 e. The summed E-state index contributed by atoms with van der Waals surface area (Å²) in [6.45, 7) is 1.75. The van der Waals surface area contributed by atoms with Crippen molar-refractivity contribution < 1.29 is 27.5 Å². The molecule has 2 rings (SSSR count). The van der Waals surface area contributed by atoms with Crippen molar-refractivity contribution >= 4 is 11.7 Å². The topological polar surface area (TPSA) is 62.5 Å². The summed E-state index contributed by atoms with van der Waals surface area (Å²) >= 11 is 0. The number of hydrogen-bond donors (Lipinski definition) is 2. The fourth-order valence-electron chi connectivity index (χ4n) is 1.92. The predicted molar refractivity (Wildman–Crippen MR) is 69.1 cm³/mol. The van der Waals surface area contributed by atoms with Crippen molar-refractivity contribution in [3.8, 4) is 0 Å². The molecular formula is C14H12F3NO3. The number of halogens is 3. The quantitative estimate of drug-likeness (QED) is 0.889. The van der Waals surface area contributed by atoms with Gasteiger partial charge in [0, 0.05) is 5.69 Å². The Hall–Kier alpha value is -2.44. The highest BCUT2D eigenvalue weighted by Crippen LogP contribution is 2.34. The summed E-state index contributed by atoms with van der Waals surface area (Å²) in [6.07, 6.45) is -3.23. The smallest absolute Gasteiger partial charge is 0.417 e. The standard InChI is InChI=1S/C14H12F3NO3/c1-8(12-3-2-6-21-12)18-9-4-5-11(14(15,16)17)10(7-9)13(19)20/h2-8,18H,1H3,(H,19,20). The van der Waals surface area contributed by atoms with Gasteiger partial charge in [-0.15, -0.1) is 0 Å². The Balaban J connectivity index is 2.30. The molecule has 4 nitrogen and oxygen atoms in total. The Kier molecular flexibility index (Phi) is 3.93. The molecule has 0 spiro atoms. The Morgan fingerprint density at radius 1 is 1.33 bits per heavy atom. The van der Waals surface area contributed by atoms with E-state index in [4.69, 9.17) is 9.52 Å². The lowest BCUT2D eigenvalue weighted by Crippen LogP contribution is -2.14. The molecule has 1 aromatic heterocycles. The van der Waals surface area contributed by atoms with Crippen LogP contribution in [0.1, 0.15) is 34.6 Å². The van der Waals surface area contributed by atoms with Crippen molar-refractivity contribution in [1.29, 1.82) is 0 Å². The fraction of sp³-hybridized carbons (Fsp3) is 0.214. The Labute approximate surface area is 118 Å². The minimum atomic E-state index is -4.71. The lowest BCUT2D eigenvalue weighted by atomic mass is 10.1. The summed E-state index contributed by atoms with van der Waals surface area (Å²) in [5, 5.41) is 11.8. The molecule has 7 heteroatoms. The Bertz CT molecular complexity index is 635. The third-order valence-corrected chi connectivity index (χ3v) is 2.91. The van der Waals surface area contributed by atoms with Gasteiger partial charge in [-0.2, -0.15) is 13.2 Å². The van der Waals surface area contributed by atoms with Crippen LogP contribution < -0.4 is 5.32 Å². The van der Waals surface area contributed by atoms with Gasteiger partial charge in [0.1, 0.15) is 5.76 Å². The number of rotatable bonds is 4. The highest BCUT2D eigenvalue weighted by atomic mass is 19.4. The van der Waals surface area contributed by atoms with Crippen LogP contribution in [0, 0.1) is 0 Å². The van der Waals surface area contributed by atoms with Crippen LogP contribution in [0.3, 0.4) is 0 Å². The van der Waals surface area contributed by atoms with Crippen LogP contribution in [0.4, 0.5) is 18.9 Å². The summed E-state index contributed by atoms with van der Waals surface area (Å²) in [5.41, 5.74) is -1.70. The van der Waals surface area contributed by atoms with E-state index in [9.17, 15) is 18.0 Å². The van der Waals surface area contributed by atoms with Crippen LogP contribution in [-0.4, -0.2) is 11.1 Å². The van der Waals surface area contributed by atoms with Crippen molar-refractivity contribution in [3.05, 3.63) is 53.5 Å². The van der Waals surface area contributed by atoms with Crippen LogP contribution >= 0.6 is 0 Å². The molecule has 1 unspecified atom stereocenters. The molecule has 0 aliphatic rings. The average molecular weight is 299 g/mol. The zero-order valence-corrected chi connectivity index (χ0v) is 10.9. The van der Waals surface area contributed by atoms with E-state index in [0.29, 0.717) is 5.76 Å². The molecule has 0 aliphatic heterocycles. The number of carboxylic acids is 1. The summed E-state index contributed by atoms with van der Waals surface area (Å²) in [5.74, 6) is -1.04. The number of aromatic carboxylic acids is 1. The molecule has 112 valence electrons. The van der Waals surface area contributed by atoms with Gasteiger partial charge >= 0.3 is 12.1 Å². The maximum Gasteiger partial charge on any atom is 0.417 e. The first-order chi connectivity index (χ1) is 9.79. The number of anilines is 1. The van der Waals surface area contributed by atoms with Gasteiger partial charge in [0.05, 0.1) is 23.4 Å². The van der Waals surface area contributed by atoms with Crippen LogP contribution in [0.15, 0.2) is 41.0 Å². The van der Waals surface area contributed by atoms with Gasteiger partial charge in [0.25, 0.3) is 0 Å². The first-order valence-electron chi connectivity index (χ1n) is 6.03. The van der Waals surface area contributed by atoms with Crippen molar-refractivity contribution in [3.63, 3.8) is 0 Å². The number of benzene rings is 1. The summed E-state index contributed by atoms with van der Waals surface area (Å²) in [7, 11) is 0. The van der Waals surface area contributed by atoms with Gasteiger partial charge in [-0.25, -0.2) is 4.79 Å². The molecule has 0 bridgehead atoms. The molecule has 1 atom stereocenters. The molecule has 1 heterocycles. The molecule has 2 aromatic rings.